The summed E-state index contributed by atoms with van der Waals surface area (Å²) >= 11 is -6.79. The zero-order valence-electron chi connectivity index (χ0n) is 25.0. The molecule has 1 atom stereocenters. The Hall–Kier alpha value is -3.36. The summed E-state index contributed by atoms with van der Waals surface area (Å²) in [6, 6.07) is 56.8. The Morgan fingerprint density at radius 2 is 0.952 bits per heavy atom. The van der Waals surface area contributed by atoms with E-state index in [4.69, 9.17) is 0 Å². The maximum atomic E-state index is 2.64. The van der Waals surface area contributed by atoms with Crippen molar-refractivity contribution in [3.63, 3.8) is 0 Å². The van der Waals surface area contributed by atoms with Gasteiger partial charge in [0.25, 0.3) is 0 Å². The molecule has 3 heteroatoms. The second kappa shape index (κ2) is 7.77. The van der Waals surface area contributed by atoms with E-state index in [-0.39, 0.29) is 3.63 Å². The summed E-state index contributed by atoms with van der Waals surface area (Å²) in [6.07, 6.45) is 11.2. The molecule has 0 saturated carbocycles. The van der Waals surface area contributed by atoms with E-state index in [2.05, 4.69) is 177 Å². The van der Waals surface area contributed by atoms with Crippen LogP contribution in [0.25, 0.3) is 6.08 Å². The third-order valence-electron chi connectivity index (χ3n) is 14.1. The second-order valence-corrected chi connectivity index (χ2v) is 111. The Bertz CT molecular complexity index is 1830. The molecule has 1 unspecified atom stereocenters. The molecule has 2 aliphatic rings. The Morgan fingerprint density at radius 3 is 1.36 bits per heavy atom. The summed E-state index contributed by atoms with van der Waals surface area (Å²) in [5.41, 5.74) is 4.18. The van der Waals surface area contributed by atoms with E-state index in [0.717, 1.165) is 21.2 Å². The van der Waals surface area contributed by atoms with Crippen LogP contribution in [-0.2, 0) is 12.7 Å². The molecule has 7 rings (SSSR count). The van der Waals surface area contributed by atoms with Crippen LogP contribution in [0.4, 0.5) is 0 Å². The fourth-order valence-corrected chi connectivity index (χ4v) is 78.3. The molecule has 208 valence electrons. The molecule has 0 fully saturated rings. The van der Waals surface area contributed by atoms with Crippen LogP contribution in [0.2, 0.25) is 0 Å². The number of hydrogen-bond acceptors (Lipinski definition) is 0. The zero-order valence-corrected chi connectivity index (χ0v) is 31.4. The molecule has 42 heavy (non-hydrogen) atoms. The van der Waals surface area contributed by atoms with Gasteiger partial charge in [0, 0.05) is 0 Å². The molecule has 0 spiro atoms. The number of rotatable bonds is 6. The van der Waals surface area contributed by atoms with E-state index in [1.165, 1.54) is 29.8 Å². The first-order valence-electron chi connectivity index (χ1n) is 15.4. The van der Waals surface area contributed by atoms with Crippen molar-refractivity contribution < 1.29 is 12.7 Å². The van der Waals surface area contributed by atoms with E-state index in [9.17, 15) is 0 Å². The van der Waals surface area contributed by atoms with Gasteiger partial charge in [-0.05, 0) is 0 Å². The maximum absolute atomic E-state index is 6.79. The van der Waals surface area contributed by atoms with Crippen molar-refractivity contribution in [1.29, 1.82) is 0 Å². The van der Waals surface area contributed by atoms with Crippen molar-refractivity contribution >= 4 is 33.9 Å². The van der Waals surface area contributed by atoms with E-state index in [1.807, 2.05) is 0 Å². The number of hydrogen-bond donors (Lipinski definition) is 0. The van der Waals surface area contributed by atoms with E-state index in [0.29, 0.717) is 0 Å². The van der Waals surface area contributed by atoms with Gasteiger partial charge in [0.1, 0.15) is 0 Å². The molecule has 0 aliphatic heterocycles. The summed E-state index contributed by atoms with van der Waals surface area (Å²) in [5, 5.41) is 0. The van der Waals surface area contributed by atoms with Crippen molar-refractivity contribution in [3.8, 4) is 0 Å². The molecular formula is C39H40Si2Zr. The van der Waals surface area contributed by atoms with Crippen LogP contribution >= 0.6 is 0 Å². The van der Waals surface area contributed by atoms with Gasteiger partial charge in [0.05, 0.1) is 0 Å². The topological polar surface area (TPSA) is 0 Å². The molecular weight excluding hydrogens is 616 g/mol. The fraction of sp³-hybridized carbons (Fsp3) is 0.0769. The van der Waals surface area contributed by atoms with Crippen molar-refractivity contribution in [3.05, 3.63) is 184 Å². The zero-order chi connectivity index (χ0) is 29.1. The third-order valence-corrected chi connectivity index (χ3v) is 102. The second-order valence-electron chi connectivity index (χ2n) is 15.3. The molecule has 0 aromatic heterocycles. The standard InChI is InChI=1S/C9H7.C6H7.4C6H5.2H3Si.Zr/c1-2-5-9-7-3-6-8(9)4-1;1-6-4-2-3-5-6;4*1-2-4-6-5-3-1;;;/h1-7H;4-5H,2H2,1H3;4*1-5H;2*1H3;. The van der Waals surface area contributed by atoms with E-state index < -0.39 is 12.7 Å². The van der Waals surface area contributed by atoms with Gasteiger partial charge in [-0.25, -0.2) is 0 Å². The molecule has 0 N–H and O–H groups in total. The quantitative estimate of drug-likeness (QED) is 0.222. The van der Waals surface area contributed by atoms with Crippen molar-refractivity contribution in [2.75, 3.05) is 0 Å². The van der Waals surface area contributed by atoms with Crippen molar-refractivity contribution in [1.82, 2.24) is 0 Å². The first-order valence-corrected chi connectivity index (χ1v) is 39.7. The number of allylic oxidation sites excluding steroid dienone is 5. The van der Waals surface area contributed by atoms with Gasteiger partial charge in [-0.3, -0.25) is 0 Å². The van der Waals surface area contributed by atoms with Crippen LogP contribution < -0.4 is 13.1 Å². The molecule has 0 radical (unpaired) electrons. The van der Waals surface area contributed by atoms with Crippen LogP contribution in [0, 0.1) is 0 Å². The molecule has 2 aliphatic carbocycles. The van der Waals surface area contributed by atoms with Crippen LogP contribution in [0.15, 0.2) is 173 Å². The molecule has 0 heterocycles. The van der Waals surface area contributed by atoms with Gasteiger partial charge in [0.2, 0.25) is 0 Å². The predicted octanol–water partition coefficient (Wildman–Crippen LogP) is 5.15. The summed E-state index contributed by atoms with van der Waals surface area (Å²) < 4.78 is 7.84. The van der Waals surface area contributed by atoms with Gasteiger partial charge in [0.15, 0.2) is 0 Å². The number of fused-ring (bicyclic) bond motifs is 1. The Kier molecular flexibility index (Phi) is 5.08. The molecule has 0 nitrogen and oxygen atoms in total. The Labute approximate surface area is 245 Å². The third kappa shape index (κ3) is 2.32. The van der Waals surface area contributed by atoms with Crippen molar-refractivity contribution in [2.45, 2.75) is 17.0 Å². The Morgan fingerprint density at radius 1 is 0.548 bits per heavy atom. The summed E-state index contributed by atoms with van der Waals surface area (Å²) in [6.45, 7) is 2.31. The average Bonchev–Trinajstić information content (AvgIpc) is 3.72. The minimum absolute atomic E-state index is 0.129. The van der Waals surface area contributed by atoms with Gasteiger partial charge in [-0.15, -0.1) is 0 Å². The van der Waals surface area contributed by atoms with E-state index >= 15 is 0 Å². The molecule has 0 saturated heterocycles. The molecule has 0 amide bonds. The summed E-state index contributed by atoms with van der Waals surface area (Å²) in [7, 11) is 1.79. The number of benzene rings is 5. The summed E-state index contributed by atoms with van der Waals surface area (Å²) in [4.78, 5) is 0. The normalized spacial score (nSPS) is 20.0. The SMILES string of the molecule is CC1=CC[C]([Zr]([SiH3])([SiH3])([c]2ccccc2)([c]2ccccc2)([c]2ccccc2)([c]2ccccc2)[CH]2C=Cc3ccccc32)=C1. The van der Waals surface area contributed by atoms with Gasteiger partial charge < -0.3 is 0 Å². The van der Waals surface area contributed by atoms with Crippen LogP contribution in [0.3, 0.4) is 0 Å². The predicted molar refractivity (Wildman–Crippen MR) is 189 cm³/mol. The molecule has 5 aromatic rings. The van der Waals surface area contributed by atoms with Gasteiger partial charge in [-0.2, -0.15) is 0 Å². The fourth-order valence-electron chi connectivity index (χ4n) is 11.3. The molecule has 5 aromatic carbocycles. The average molecular weight is 656 g/mol. The van der Waals surface area contributed by atoms with Crippen LogP contribution in [-0.4, -0.2) is 14.7 Å². The minimum atomic E-state index is -6.79. The van der Waals surface area contributed by atoms with Crippen LogP contribution in [0.5, 0.6) is 0 Å². The van der Waals surface area contributed by atoms with Gasteiger partial charge >= 0.3 is 247 Å². The van der Waals surface area contributed by atoms with E-state index in [1.54, 1.807) is 3.28 Å². The monoisotopic (exact) mass is 654 g/mol. The van der Waals surface area contributed by atoms with Gasteiger partial charge in [-0.1, -0.05) is 0 Å². The Balaban J connectivity index is 2.05. The first-order chi connectivity index (χ1) is 20.2. The first kappa shape index (κ1) is 27.5. The van der Waals surface area contributed by atoms with Crippen LogP contribution in [0.1, 0.15) is 28.1 Å². The summed E-state index contributed by atoms with van der Waals surface area (Å²) in [5.74, 6) is 0. The van der Waals surface area contributed by atoms with Crippen molar-refractivity contribution in [2.24, 2.45) is 0 Å². The molecule has 0 bridgehead atoms.